The molecule has 0 spiro atoms. The summed E-state index contributed by atoms with van der Waals surface area (Å²) >= 11 is 0.977. The van der Waals surface area contributed by atoms with Crippen molar-refractivity contribution >= 4 is 45.1 Å². The molecule has 0 saturated carbocycles. The summed E-state index contributed by atoms with van der Waals surface area (Å²) in [5.74, 6) is -0.423. The van der Waals surface area contributed by atoms with E-state index in [2.05, 4.69) is 5.32 Å². The topological polar surface area (TPSA) is 113 Å². The first-order chi connectivity index (χ1) is 18.4. The number of benzene rings is 2. The van der Waals surface area contributed by atoms with Gasteiger partial charge in [0, 0.05) is 10.9 Å². The van der Waals surface area contributed by atoms with Crippen LogP contribution < -0.4 is 14.8 Å². The van der Waals surface area contributed by atoms with Crippen LogP contribution in [0.15, 0.2) is 48.5 Å². The molecule has 1 N–H and O–H groups in total. The van der Waals surface area contributed by atoms with E-state index in [0.717, 1.165) is 16.9 Å². The highest BCUT2D eigenvalue weighted by Gasteiger charge is 2.28. The lowest BCUT2D eigenvalue weighted by Crippen LogP contribution is -2.15. The number of hydrogen-bond acceptors (Lipinski definition) is 9. The number of amides is 1. The Balaban J connectivity index is 1.57. The average Bonchev–Trinajstić information content (AvgIpc) is 3.51. The number of para-hydroxylation sites is 1. The van der Waals surface area contributed by atoms with Gasteiger partial charge in [0.05, 0.1) is 35.6 Å². The number of rotatable bonds is 7. The van der Waals surface area contributed by atoms with Crippen LogP contribution in [0.5, 0.6) is 11.5 Å². The second-order valence-electron chi connectivity index (χ2n) is 8.30. The Morgan fingerprint density at radius 3 is 2.50 bits per heavy atom. The van der Waals surface area contributed by atoms with Crippen molar-refractivity contribution < 1.29 is 33.3 Å². The zero-order valence-electron chi connectivity index (χ0n) is 21.0. The molecule has 5 rings (SSSR count). The van der Waals surface area contributed by atoms with Crippen molar-refractivity contribution in [2.75, 3.05) is 25.3 Å². The summed E-state index contributed by atoms with van der Waals surface area (Å²) in [4.78, 5) is 44.0. The third-order valence-electron chi connectivity index (χ3n) is 5.94. The van der Waals surface area contributed by atoms with Crippen molar-refractivity contribution in [3.8, 4) is 22.8 Å². The third-order valence-corrected chi connectivity index (χ3v) is 7.13. The molecule has 0 atom stereocenters. The van der Waals surface area contributed by atoms with Gasteiger partial charge in [-0.25, -0.2) is 14.6 Å². The van der Waals surface area contributed by atoms with Gasteiger partial charge in [-0.1, -0.05) is 18.2 Å². The summed E-state index contributed by atoms with van der Waals surface area (Å²) < 4.78 is 21.2. The Morgan fingerprint density at radius 2 is 1.71 bits per heavy atom. The summed E-state index contributed by atoms with van der Waals surface area (Å²) in [6, 6.07) is 14.4. The molecule has 0 aliphatic carbocycles. The number of carbonyl (C=O) groups is 3. The number of anilines is 1. The van der Waals surface area contributed by atoms with E-state index in [1.54, 1.807) is 39.0 Å². The normalized spacial score (nSPS) is 11.9. The summed E-state index contributed by atoms with van der Waals surface area (Å²) in [6.45, 7) is 5.48. The molecule has 0 fully saturated rings. The van der Waals surface area contributed by atoms with Gasteiger partial charge in [0.25, 0.3) is 5.91 Å². The number of aromatic nitrogens is 1. The Labute approximate surface area is 222 Å². The van der Waals surface area contributed by atoms with Gasteiger partial charge in [0.15, 0.2) is 11.5 Å². The molecule has 10 heteroatoms. The van der Waals surface area contributed by atoms with Gasteiger partial charge in [-0.05, 0) is 56.7 Å². The zero-order valence-corrected chi connectivity index (χ0v) is 21.8. The molecule has 0 bridgehead atoms. The smallest absolute Gasteiger partial charge is 0.348 e. The fourth-order valence-corrected chi connectivity index (χ4v) is 5.26. The average molecular weight is 533 g/mol. The van der Waals surface area contributed by atoms with Crippen LogP contribution in [0.2, 0.25) is 0 Å². The van der Waals surface area contributed by atoms with E-state index < -0.39 is 17.8 Å². The van der Waals surface area contributed by atoms with E-state index in [9.17, 15) is 14.4 Å². The van der Waals surface area contributed by atoms with E-state index in [4.69, 9.17) is 23.9 Å². The van der Waals surface area contributed by atoms with Crippen LogP contribution in [0, 0.1) is 6.92 Å². The number of esters is 2. The molecule has 0 radical (unpaired) electrons. The first-order valence-electron chi connectivity index (χ1n) is 12.0. The lowest BCUT2D eigenvalue weighted by atomic mass is 10.0. The van der Waals surface area contributed by atoms with E-state index >= 15 is 0 Å². The molecule has 1 aliphatic rings. The largest absolute Gasteiger partial charge is 0.462 e. The van der Waals surface area contributed by atoms with Gasteiger partial charge in [0.1, 0.15) is 9.88 Å². The maximum Gasteiger partial charge on any atom is 0.348 e. The Morgan fingerprint density at radius 1 is 0.974 bits per heavy atom. The molecule has 3 heterocycles. The molecule has 1 amide bonds. The van der Waals surface area contributed by atoms with Crippen LogP contribution in [-0.4, -0.2) is 42.8 Å². The van der Waals surface area contributed by atoms with E-state index in [-0.39, 0.29) is 35.4 Å². The molecule has 2 aromatic heterocycles. The van der Waals surface area contributed by atoms with Crippen molar-refractivity contribution in [3.63, 3.8) is 0 Å². The van der Waals surface area contributed by atoms with Crippen LogP contribution in [0.25, 0.3) is 22.2 Å². The number of thiophene rings is 1. The Hall–Kier alpha value is -4.44. The maximum absolute atomic E-state index is 13.7. The van der Waals surface area contributed by atoms with Crippen LogP contribution in [0.1, 0.15) is 49.8 Å². The minimum Gasteiger partial charge on any atom is -0.462 e. The fraction of sp³-hybridized carbons (Fsp3) is 0.214. The van der Waals surface area contributed by atoms with Crippen molar-refractivity contribution in [2.45, 2.75) is 20.8 Å². The summed E-state index contributed by atoms with van der Waals surface area (Å²) in [7, 11) is 0. The lowest BCUT2D eigenvalue weighted by Gasteiger charge is -2.11. The molecule has 194 valence electrons. The molecule has 9 nitrogen and oxygen atoms in total. The summed E-state index contributed by atoms with van der Waals surface area (Å²) in [5, 5.41) is 3.67. The SMILES string of the molecule is CCOC(=O)c1sc(NC(=O)c2cc(-c3ccc4c(c3)OCO4)nc3ccccc23)c(C(=O)OCC)c1C. The van der Waals surface area contributed by atoms with Crippen molar-refractivity contribution in [1.82, 2.24) is 4.98 Å². The van der Waals surface area contributed by atoms with Crippen molar-refractivity contribution in [2.24, 2.45) is 0 Å². The first-order valence-corrected chi connectivity index (χ1v) is 12.8. The predicted octanol–water partition coefficient (Wildman–Crippen LogP) is 5.61. The second-order valence-corrected chi connectivity index (χ2v) is 9.32. The molecular formula is C28H24N2O7S. The van der Waals surface area contributed by atoms with Gasteiger partial charge in [-0.2, -0.15) is 0 Å². The van der Waals surface area contributed by atoms with E-state index in [0.29, 0.717) is 39.2 Å². The molecule has 4 aromatic rings. The van der Waals surface area contributed by atoms with E-state index in [1.165, 1.54) is 0 Å². The van der Waals surface area contributed by atoms with Crippen LogP contribution >= 0.6 is 11.3 Å². The second kappa shape index (κ2) is 10.5. The zero-order chi connectivity index (χ0) is 26.8. The van der Waals surface area contributed by atoms with Gasteiger partial charge in [-0.3, -0.25) is 4.79 Å². The number of nitrogens with one attached hydrogen (secondary N) is 1. The number of fused-ring (bicyclic) bond motifs is 2. The van der Waals surface area contributed by atoms with Gasteiger partial charge in [-0.15, -0.1) is 11.3 Å². The molecule has 0 unspecified atom stereocenters. The standard InChI is InChI=1S/C28H24N2O7S/c1-4-34-27(32)23-15(3)24(28(33)35-5-2)38-26(23)30-25(31)18-13-20(29-19-9-7-6-8-17(18)19)16-10-11-21-22(12-16)37-14-36-21/h6-13H,4-5,14H2,1-3H3,(H,30,31). The number of hydrogen-bond donors (Lipinski definition) is 1. The molecule has 2 aromatic carbocycles. The Bertz CT molecular complexity index is 1580. The van der Waals surface area contributed by atoms with Crippen LogP contribution in [0.3, 0.4) is 0 Å². The van der Waals surface area contributed by atoms with E-state index in [1.807, 2.05) is 30.3 Å². The molecule has 1 aliphatic heterocycles. The minimum atomic E-state index is -0.632. The fourth-order valence-electron chi connectivity index (χ4n) is 4.18. The van der Waals surface area contributed by atoms with Gasteiger partial charge >= 0.3 is 11.9 Å². The highest BCUT2D eigenvalue weighted by molar-refractivity contribution is 7.18. The highest BCUT2D eigenvalue weighted by atomic mass is 32.1. The van der Waals surface area contributed by atoms with Crippen LogP contribution in [-0.2, 0) is 9.47 Å². The van der Waals surface area contributed by atoms with Crippen molar-refractivity contribution in [1.29, 1.82) is 0 Å². The highest BCUT2D eigenvalue weighted by Crippen LogP contribution is 2.37. The number of ether oxygens (including phenoxy) is 4. The van der Waals surface area contributed by atoms with Crippen molar-refractivity contribution in [3.05, 3.63) is 70.1 Å². The monoisotopic (exact) mass is 532 g/mol. The van der Waals surface area contributed by atoms with Gasteiger partial charge in [0.2, 0.25) is 6.79 Å². The van der Waals surface area contributed by atoms with Gasteiger partial charge < -0.3 is 24.3 Å². The Kier molecular flexibility index (Phi) is 6.97. The predicted molar refractivity (Wildman–Crippen MR) is 142 cm³/mol. The molecular weight excluding hydrogens is 508 g/mol. The lowest BCUT2D eigenvalue weighted by molar-refractivity contribution is 0.0527. The molecule has 38 heavy (non-hydrogen) atoms. The number of carbonyl (C=O) groups excluding carboxylic acids is 3. The first kappa shape index (κ1) is 25.2. The third kappa shape index (κ3) is 4.66. The molecule has 0 saturated heterocycles. The quantitative estimate of drug-likeness (QED) is 0.306. The van der Waals surface area contributed by atoms with Crippen LogP contribution in [0.4, 0.5) is 5.00 Å². The minimum absolute atomic E-state index is 0.127. The number of pyridine rings is 1. The number of nitrogens with zero attached hydrogens (tertiary/aromatic N) is 1. The maximum atomic E-state index is 13.7. The summed E-state index contributed by atoms with van der Waals surface area (Å²) in [6.07, 6.45) is 0. The summed E-state index contributed by atoms with van der Waals surface area (Å²) in [5.41, 5.74) is 2.80.